The Labute approximate surface area is 139 Å². The van der Waals surface area contributed by atoms with Crippen molar-refractivity contribution in [2.24, 2.45) is 11.8 Å². The lowest BCUT2D eigenvalue weighted by Crippen LogP contribution is -2.21. The van der Waals surface area contributed by atoms with Crippen molar-refractivity contribution in [3.8, 4) is 0 Å². The first-order valence-electron chi connectivity index (χ1n) is 8.87. The number of carbonyl (C=O) groups is 1. The fourth-order valence-corrected chi connectivity index (χ4v) is 4.46. The lowest BCUT2D eigenvalue weighted by Gasteiger charge is -2.24. The third-order valence-electron chi connectivity index (χ3n) is 5.48. The molecule has 1 atom stereocenters. The lowest BCUT2D eigenvalue weighted by atomic mass is 9.85. The number of ether oxygens (including phenoxy) is 1. The standard InChI is InChI=1S/C21H28O2/c1-13-9-14(2)19(15(3)10-13)20-16(4)11-18(21(20)22)12-17-5-7-23-8-6-17/h9-10,17-18H,5-8,11-12H2,1-4H3. The molecule has 2 nitrogen and oxygen atoms in total. The largest absolute Gasteiger partial charge is 0.381 e. The van der Waals surface area contributed by atoms with Crippen LogP contribution in [0.15, 0.2) is 17.7 Å². The summed E-state index contributed by atoms with van der Waals surface area (Å²) in [6, 6.07) is 4.39. The van der Waals surface area contributed by atoms with Crippen molar-refractivity contribution in [2.45, 2.75) is 53.4 Å². The highest BCUT2D eigenvalue weighted by Crippen LogP contribution is 2.41. The maximum atomic E-state index is 13.1. The molecule has 124 valence electrons. The van der Waals surface area contributed by atoms with Crippen LogP contribution in [0.2, 0.25) is 0 Å². The second-order valence-electron chi connectivity index (χ2n) is 7.49. The van der Waals surface area contributed by atoms with E-state index in [0.717, 1.165) is 44.5 Å². The Morgan fingerprint density at radius 3 is 2.26 bits per heavy atom. The Bertz CT molecular complexity index is 625. The Morgan fingerprint density at radius 1 is 1.04 bits per heavy atom. The molecule has 1 aliphatic carbocycles. The SMILES string of the molecule is CC1=C(c2c(C)cc(C)cc2C)C(=O)C(CC2CCOCC2)C1. The van der Waals surface area contributed by atoms with Crippen LogP contribution in [0.4, 0.5) is 0 Å². The zero-order valence-electron chi connectivity index (χ0n) is 14.9. The molecule has 1 aliphatic heterocycles. The molecule has 1 heterocycles. The number of aryl methyl sites for hydroxylation is 3. The smallest absolute Gasteiger partial charge is 0.166 e. The van der Waals surface area contributed by atoms with Gasteiger partial charge in [0.25, 0.3) is 0 Å². The highest BCUT2D eigenvalue weighted by molar-refractivity contribution is 6.25. The summed E-state index contributed by atoms with van der Waals surface area (Å²) >= 11 is 0. The molecule has 1 fully saturated rings. The van der Waals surface area contributed by atoms with Gasteiger partial charge in [-0.15, -0.1) is 0 Å². The van der Waals surface area contributed by atoms with E-state index in [1.54, 1.807) is 0 Å². The fraction of sp³-hybridized carbons (Fsp3) is 0.571. The van der Waals surface area contributed by atoms with Crippen LogP contribution in [0.5, 0.6) is 0 Å². The first-order valence-corrected chi connectivity index (χ1v) is 8.87. The normalized spacial score (nSPS) is 23.0. The molecule has 2 aliphatic rings. The first kappa shape index (κ1) is 16.4. The van der Waals surface area contributed by atoms with Gasteiger partial charge in [-0.3, -0.25) is 4.79 Å². The number of carbonyl (C=O) groups excluding carboxylic acids is 1. The summed E-state index contributed by atoms with van der Waals surface area (Å²) in [4.78, 5) is 13.1. The van der Waals surface area contributed by atoms with Crippen molar-refractivity contribution in [1.82, 2.24) is 0 Å². The van der Waals surface area contributed by atoms with Gasteiger partial charge in [0.15, 0.2) is 5.78 Å². The average Bonchev–Trinajstić information content (AvgIpc) is 2.75. The van der Waals surface area contributed by atoms with E-state index >= 15 is 0 Å². The number of Topliss-reactive ketones (excluding diaryl/α,β-unsaturated/α-hetero) is 1. The molecular formula is C21H28O2. The molecule has 0 aromatic heterocycles. The lowest BCUT2D eigenvalue weighted by molar-refractivity contribution is -0.117. The van der Waals surface area contributed by atoms with E-state index in [1.165, 1.54) is 27.8 Å². The van der Waals surface area contributed by atoms with Gasteiger partial charge in [0.2, 0.25) is 0 Å². The van der Waals surface area contributed by atoms with Crippen LogP contribution < -0.4 is 0 Å². The van der Waals surface area contributed by atoms with E-state index in [-0.39, 0.29) is 5.92 Å². The predicted octanol–water partition coefficient (Wildman–Crippen LogP) is 4.79. The Hall–Kier alpha value is -1.41. The van der Waals surface area contributed by atoms with Crippen molar-refractivity contribution < 1.29 is 9.53 Å². The monoisotopic (exact) mass is 312 g/mol. The molecule has 3 rings (SSSR count). The van der Waals surface area contributed by atoms with Crippen LogP contribution in [0.3, 0.4) is 0 Å². The summed E-state index contributed by atoms with van der Waals surface area (Å²) < 4.78 is 5.45. The van der Waals surface area contributed by atoms with Crippen LogP contribution in [0.1, 0.15) is 54.9 Å². The summed E-state index contributed by atoms with van der Waals surface area (Å²) in [5.74, 6) is 1.22. The van der Waals surface area contributed by atoms with E-state index in [9.17, 15) is 4.79 Å². The Morgan fingerprint density at radius 2 is 1.65 bits per heavy atom. The molecule has 0 saturated carbocycles. The van der Waals surface area contributed by atoms with E-state index in [2.05, 4.69) is 39.8 Å². The summed E-state index contributed by atoms with van der Waals surface area (Å²) in [5, 5.41) is 0. The van der Waals surface area contributed by atoms with Crippen molar-refractivity contribution in [3.05, 3.63) is 40.0 Å². The van der Waals surface area contributed by atoms with Crippen LogP contribution in [0.25, 0.3) is 5.57 Å². The molecule has 2 heteroatoms. The van der Waals surface area contributed by atoms with Gasteiger partial charge in [0.1, 0.15) is 0 Å². The molecule has 1 unspecified atom stereocenters. The minimum atomic E-state index is 0.188. The maximum Gasteiger partial charge on any atom is 0.166 e. The van der Waals surface area contributed by atoms with Gasteiger partial charge in [-0.1, -0.05) is 23.3 Å². The van der Waals surface area contributed by atoms with Crippen LogP contribution >= 0.6 is 0 Å². The summed E-state index contributed by atoms with van der Waals surface area (Å²) in [6.45, 7) is 10.3. The second kappa shape index (κ2) is 6.60. The van der Waals surface area contributed by atoms with E-state index in [4.69, 9.17) is 4.74 Å². The fourth-order valence-electron chi connectivity index (χ4n) is 4.46. The summed E-state index contributed by atoms with van der Waals surface area (Å²) in [7, 11) is 0. The van der Waals surface area contributed by atoms with Gasteiger partial charge < -0.3 is 4.74 Å². The minimum Gasteiger partial charge on any atom is -0.381 e. The summed E-state index contributed by atoms with van der Waals surface area (Å²) in [5.41, 5.74) is 7.21. The van der Waals surface area contributed by atoms with Gasteiger partial charge in [0, 0.05) is 24.7 Å². The van der Waals surface area contributed by atoms with Gasteiger partial charge in [-0.2, -0.15) is 0 Å². The van der Waals surface area contributed by atoms with Crippen LogP contribution in [-0.4, -0.2) is 19.0 Å². The maximum absolute atomic E-state index is 13.1. The number of ketones is 1. The van der Waals surface area contributed by atoms with Gasteiger partial charge in [-0.25, -0.2) is 0 Å². The van der Waals surface area contributed by atoms with E-state index in [0.29, 0.717) is 11.7 Å². The molecule has 23 heavy (non-hydrogen) atoms. The predicted molar refractivity (Wildman–Crippen MR) is 94.5 cm³/mol. The van der Waals surface area contributed by atoms with Gasteiger partial charge in [0.05, 0.1) is 0 Å². The highest BCUT2D eigenvalue weighted by Gasteiger charge is 2.34. The minimum absolute atomic E-state index is 0.188. The molecule has 0 amide bonds. The number of rotatable bonds is 3. The third kappa shape index (κ3) is 3.28. The number of allylic oxidation sites excluding steroid dienone is 2. The molecule has 0 bridgehead atoms. The molecular weight excluding hydrogens is 284 g/mol. The zero-order chi connectivity index (χ0) is 16.6. The van der Waals surface area contributed by atoms with Crippen LogP contribution in [-0.2, 0) is 9.53 Å². The van der Waals surface area contributed by atoms with Gasteiger partial charge >= 0.3 is 0 Å². The van der Waals surface area contributed by atoms with Gasteiger partial charge in [-0.05, 0) is 76.0 Å². The summed E-state index contributed by atoms with van der Waals surface area (Å²) in [6.07, 6.45) is 4.20. The first-order chi connectivity index (χ1) is 11.0. The molecule has 0 spiro atoms. The Kier molecular flexibility index (Phi) is 4.72. The quantitative estimate of drug-likeness (QED) is 0.802. The van der Waals surface area contributed by atoms with Crippen LogP contribution in [0, 0.1) is 32.6 Å². The molecule has 1 saturated heterocycles. The molecule has 0 N–H and O–H groups in total. The highest BCUT2D eigenvalue weighted by atomic mass is 16.5. The number of hydrogen-bond acceptors (Lipinski definition) is 2. The second-order valence-corrected chi connectivity index (χ2v) is 7.49. The topological polar surface area (TPSA) is 26.3 Å². The molecule has 1 aromatic carbocycles. The van der Waals surface area contributed by atoms with Crippen molar-refractivity contribution in [3.63, 3.8) is 0 Å². The zero-order valence-corrected chi connectivity index (χ0v) is 14.9. The molecule has 1 aromatic rings. The van der Waals surface area contributed by atoms with E-state index in [1.807, 2.05) is 0 Å². The van der Waals surface area contributed by atoms with Crippen molar-refractivity contribution in [1.29, 1.82) is 0 Å². The van der Waals surface area contributed by atoms with Crippen molar-refractivity contribution >= 4 is 11.4 Å². The van der Waals surface area contributed by atoms with E-state index < -0.39 is 0 Å². The number of benzene rings is 1. The number of hydrogen-bond donors (Lipinski definition) is 0. The average molecular weight is 312 g/mol. The Balaban J connectivity index is 1.83. The third-order valence-corrected chi connectivity index (χ3v) is 5.48. The van der Waals surface area contributed by atoms with Crippen molar-refractivity contribution in [2.75, 3.05) is 13.2 Å². The molecule has 0 radical (unpaired) electrons.